The second-order valence-electron chi connectivity index (χ2n) is 4.45. The number of nitrogens with one attached hydrogen (secondary N) is 1. The number of hydrogen-bond donors (Lipinski definition) is 2. The molecular formula is C14H23N3O2. The van der Waals surface area contributed by atoms with E-state index in [0.29, 0.717) is 12.2 Å². The number of nitrogens with zero attached hydrogens (tertiary/aromatic N) is 2. The van der Waals surface area contributed by atoms with Gasteiger partial charge >= 0.3 is 0 Å². The van der Waals surface area contributed by atoms with Crippen molar-refractivity contribution in [1.29, 1.82) is 0 Å². The van der Waals surface area contributed by atoms with E-state index in [4.69, 9.17) is 5.11 Å². The summed E-state index contributed by atoms with van der Waals surface area (Å²) in [5, 5.41) is 11.8. The molecule has 0 aliphatic carbocycles. The highest BCUT2D eigenvalue weighted by atomic mass is 16.2. The first-order chi connectivity index (χ1) is 9.19. The third kappa shape index (κ3) is 5.26. The van der Waals surface area contributed by atoms with E-state index < -0.39 is 0 Å². The van der Waals surface area contributed by atoms with Gasteiger partial charge in [-0.2, -0.15) is 0 Å². The van der Waals surface area contributed by atoms with Gasteiger partial charge in [0, 0.05) is 26.7 Å². The molecule has 106 valence electrons. The zero-order valence-electron chi connectivity index (χ0n) is 11.7. The molecule has 1 rings (SSSR count). The third-order valence-corrected chi connectivity index (χ3v) is 2.82. The van der Waals surface area contributed by atoms with Crippen LogP contribution in [-0.2, 0) is 0 Å². The van der Waals surface area contributed by atoms with E-state index >= 15 is 0 Å². The second kappa shape index (κ2) is 8.48. The average molecular weight is 265 g/mol. The number of rotatable bonds is 8. The number of unbranched alkanes of at least 4 members (excludes halogenated alkanes) is 2. The lowest BCUT2D eigenvalue weighted by atomic mass is 10.2. The zero-order chi connectivity index (χ0) is 14.1. The van der Waals surface area contributed by atoms with Crippen LogP contribution < -0.4 is 5.32 Å². The molecule has 0 saturated heterocycles. The van der Waals surface area contributed by atoms with E-state index in [1.165, 1.54) is 0 Å². The van der Waals surface area contributed by atoms with Crippen LogP contribution in [0.1, 0.15) is 36.7 Å². The molecular weight excluding hydrogens is 242 g/mol. The predicted molar refractivity (Wildman–Crippen MR) is 76.3 cm³/mol. The summed E-state index contributed by atoms with van der Waals surface area (Å²) in [5.41, 5.74) is 0.461. The number of pyridine rings is 1. The highest BCUT2D eigenvalue weighted by molar-refractivity contribution is 5.92. The zero-order valence-corrected chi connectivity index (χ0v) is 11.7. The number of aliphatic hydroxyl groups excluding tert-OH is 1. The first-order valence-electron chi connectivity index (χ1n) is 6.76. The van der Waals surface area contributed by atoms with Crippen molar-refractivity contribution in [2.24, 2.45) is 0 Å². The predicted octanol–water partition coefficient (Wildman–Crippen LogP) is 1.75. The van der Waals surface area contributed by atoms with Crippen molar-refractivity contribution in [1.82, 2.24) is 9.88 Å². The van der Waals surface area contributed by atoms with Gasteiger partial charge < -0.3 is 15.3 Å². The number of carbonyl (C=O) groups is 1. The van der Waals surface area contributed by atoms with Crippen LogP contribution >= 0.6 is 0 Å². The maximum Gasteiger partial charge on any atom is 0.272 e. The second-order valence-corrected chi connectivity index (χ2v) is 4.45. The fourth-order valence-corrected chi connectivity index (χ4v) is 1.77. The first kappa shape index (κ1) is 15.4. The molecule has 5 heteroatoms. The van der Waals surface area contributed by atoms with Crippen molar-refractivity contribution in [2.45, 2.75) is 26.2 Å². The van der Waals surface area contributed by atoms with Crippen LogP contribution in [0, 0.1) is 0 Å². The minimum Gasteiger partial charge on any atom is -0.396 e. The van der Waals surface area contributed by atoms with Crippen molar-refractivity contribution < 1.29 is 9.90 Å². The van der Waals surface area contributed by atoms with Gasteiger partial charge in [0.05, 0.1) is 0 Å². The van der Waals surface area contributed by atoms with Crippen LogP contribution in [0.5, 0.6) is 0 Å². The first-order valence-corrected chi connectivity index (χ1v) is 6.76. The summed E-state index contributed by atoms with van der Waals surface area (Å²) in [5.74, 6) is 0.658. The Balaban J connectivity index is 2.53. The van der Waals surface area contributed by atoms with Gasteiger partial charge in [0.15, 0.2) is 0 Å². The normalized spacial score (nSPS) is 10.3. The molecule has 0 fully saturated rings. The molecule has 1 aromatic rings. The lowest BCUT2D eigenvalue weighted by Gasteiger charge is -2.16. The summed E-state index contributed by atoms with van der Waals surface area (Å²) in [6.07, 6.45) is 2.62. The van der Waals surface area contributed by atoms with E-state index in [9.17, 15) is 4.79 Å². The number of carbonyl (C=O) groups excluding carboxylic acids is 1. The Labute approximate surface area is 114 Å². The highest BCUT2D eigenvalue weighted by Crippen LogP contribution is 2.07. The maximum absolute atomic E-state index is 12.2. The van der Waals surface area contributed by atoms with Crippen molar-refractivity contribution >= 4 is 11.7 Å². The van der Waals surface area contributed by atoms with Crippen LogP contribution in [-0.4, -0.2) is 47.6 Å². The van der Waals surface area contributed by atoms with E-state index in [1.807, 2.05) is 19.1 Å². The monoisotopic (exact) mass is 265 g/mol. The molecule has 0 atom stereocenters. The van der Waals surface area contributed by atoms with Gasteiger partial charge in [0.1, 0.15) is 11.5 Å². The largest absolute Gasteiger partial charge is 0.396 e. The van der Waals surface area contributed by atoms with E-state index in [2.05, 4.69) is 10.3 Å². The Hall–Kier alpha value is -1.62. The fraction of sp³-hybridized carbons (Fsp3) is 0.571. The van der Waals surface area contributed by atoms with Gasteiger partial charge in [0.2, 0.25) is 0 Å². The van der Waals surface area contributed by atoms with Gasteiger partial charge in [-0.1, -0.05) is 6.07 Å². The van der Waals surface area contributed by atoms with Crippen LogP contribution in [0.15, 0.2) is 18.2 Å². The Morgan fingerprint density at radius 3 is 2.84 bits per heavy atom. The molecule has 1 heterocycles. The summed E-state index contributed by atoms with van der Waals surface area (Å²) in [6, 6.07) is 5.41. The summed E-state index contributed by atoms with van der Waals surface area (Å²) in [6.45, 7) is 3.67. The number of anilines is 1. The van der Waals surface area contributed by atoms with Gasteiger partial charge in [-0.05, 0) is 38.3 Å². The molecule has 0 radical (unpaired) electrons. The van der Waals surface area contributed by atoms with Crippen LogP contribution in [0.4, 0.5) is 5.82 Å². The minimum absolute atomic E-state index is 0.0660. The molecule has 0 saturated carbocycles. The van der Waals surface area contributed by atoms with Gasteiger partial charge in [-0.15, -0.1) is 0 Å². The molecule has 0 aliphatic rings. The molecule has 2 N–H and O–H groups in total. The molecule has 0 unspecified atom stereocenters. The molecule has 1 amide bonds. The van der Waals surface area contributed by atoms with Crippen molar-refractivity contribution in [3.63, 3.8) is 0 Å². The summed E-state index contributed by atoms with van der Waals surface area (Å²) < 4.78 is 0. The van der Waals surface area contributed by atoms with E-state index in [0.717, 1.165) is 31.6 Å². The molecule has 0 aliphatic heterocycles. The van der Waals surface area contributed by atoms with Gasteiger partial charge in [-0.3, -0.25) is 4.79 Å². The molecule has 19 heavy (non-hydrogen) atoms. The Morgan fingerprint density at radius 1 is 1.37 bits per heavy atom. The fourth-order valence-electron chi connectivity index (χ4n) is 1.77. The summed E-state index contributed by atoms with van der Waals surface area (Å²) in [4.78, 5) is 18.1. The van der Waals surface area contributed by atoms with E-state index in [-0.39, 0.29) is 12.5 Å². The highest BCUT2D eigenvalue weighted by Gasteiger charge is 2.12. The van der Waals surface area contributed by atoms with Crippen LogP contribution in [0.2, 0.25) is 0 Å². The van der Waals surface area contributed by atoms with Crippen molar-refractivity contribution in [2.75, 3.05) is 32.1 Å². The molecule has 5 nitrogen and oxygen atoms in total. The van der Waals surface area contributed by atoms with Crippen LogP contribution in [0.25, 0.3) is 0 Å². The number of aromatic nitrogens is 1. The summed E-state index contributed by atoms with van der Waals surface area (Å²) >= 11 is 0. The van der Waals surface area contributed by atoms with Gasteiger partial charge in [0.25, 0.3) is 5.91 Å². The lowest BCUT2D eigenvalue weighted by molar-refractivity contribution is 0.0786. The maximum atomic E-state index is 12.2. The topological polar surface area (TPSA) is 65.5 Å². The minimum atomic E-state index is -0.0660. The molecule has 1 aromatic heterocycles. The number of hydrogen-bond acceptors (Lipinski definition) is 4. The average Bonchev–Trinajstić information content (AvgIpc) is 2.43. The van der Waals surface area contributed by atoms with Crippen molar-refractivity contribution in [3.05, 3.63) is 23.9 Å². The standard InChI is InChI=1S/C14H23N3O2/c1-3-15-13-9-7-8-12(16-13)14(19)17(2)10-5-4-6-11-18/h7-9,18H,3-6,10-11H2,1-2H3,(H,15,16). The lowest BCUT2D eigenvalue weighted by Crippen LogP contribution is -2.28. The molecule has 0 bridgehead atoms. The number of aliphatic hydroxyl groups is 1. The molecule has 0 aromatic carbocycles. The molecule has 0 spiro atoms. The third-order valence-electron chi connectivity index (χ3n) is 2.82. The SMILES string of the molecule is CCNc1cccc(C(=O)N(C)CCCCCO)n1. The Morgan fingerprint density at radius 2 is 2.16 bits per heavy atom. The van der Waals surface area contributed by atoms with Gasteiger partial charge in [-0.25, -0.2) is 4.98 Å². The van der Waals surface area contributed by atoms with E-state index in [1.54, 1.807) is 18.0 Å². The Bertz CT molecular complexity index is 396. The Kier molecular flexibility index (Phi) is 6.89. The number of amides is 1. The quantitative estimate of drug-likeness (QED) is 0.703. The summed E-state index contributed by atoms with van der Waals surface area (Å²) in [7, 11) is 1.78. The van der Waals surface area contributed by atoms with Crippen LogP contribution in [0.3, 0.4) is 0 Å². The van der Waals surface area contributed by atoms with Crippen molar-refractivity contribution in [3.8, 4) is 0 Å². The smallest absolute Gasteiger partial charge is 0.272 e.